The van der Waals surface area contributed by atoms with Gasteiger partial charge in [0.25, 0.3) is 0 Å². The van der Waals surface area contributed by atoms with Crippen molar-refractivity contribution in [1.29, 1.82) is 0 Å². The van der Waals surface area contributed by atoms with Gasteiger partial charge in [-0.05, 0) is 70.6 Å². The first-order valence-electron chi connectivity index (χ1n) is 36.6. The normalized spacial score (nSPS) is 12.7. The van der Waals surface area contributed by atoms with Crippen LogP contribution >= 0.6 is 0 Å². The van der Waals surface area contributed by atoms with Gasteiger partial charge in [0.2, 0.25) is 0 Å². The van der Waals surface area contributed by atoms with Crippen LogP contribution in [0.2, 0.25) is 0 Å². The quantitative estimate of drug-likeness (QED) is 0.0373. The molecule has 0 heterocycles. The summed E-state index contributed by atoms with van der Waals surface area (Å²) in [5.74, 6) is -0.592. The maximum atomic E-state index is 12.4. The number of aliphatic hydroxyl groups is 1. The van der Waals surface area contributed by atoms with Crippen molar-refractivity contribution >= 4 is 11.9 Å². The molecule has 0 aliphatic heterocycles. The molecule has 0 amide bonds. The van der Waals surface area contributed by atoms with Gasteiger partial charge in [-0.15, -0.1) is 0 Å². The van der Waals surface area contributed by atoms with Gasteiger partial charge in [-0.25, -0.2) is 0 Å². The summed E-state index contributed by atoms with van der Waals surface area (Å²) in [5, 5.41) is 9.70. The number of hydrogen-bond donors (Lipinski definition) is 1. The molecule has 0 fully saturated rings. The van der Waals surface area contributed by atoms with E-state index < -0.39 is 6.10 Å². The van der Waals surface area contributed by atoms with E-state index >= 15 is 0 Å². The van der Waals surface area contributed by atoms with Crippen LogP contribution in [-0.4, -0.2) is 36.4 Å². The lowest BCUT2D eigenvalue weighted by molar-refractivity contribution is -0.161. The molecule has 0 aromatic heterocycles. The summed E-state index contributed by atoms with van der Waals surface area (Å²) in [6, 6.07) is 0. The van der Waals surface area contributed by atoms with Crippen molar-refractivity contribution in [2.24, 2.45) is 0 Å². The van der Waals surface area contributed by atoms with Crippen molar-refractivity contribution in [3.05, 3.63) is 85.1 Å². The second-order valence-corrected chi connectivity index (χ2v) is 24.7. The second-order valence-electron chi connectivity index (χ2n) is 24.7. The third-order valence-electron chi connectivity index (χ3n) is 16.5. The second kappa shape index (κ2) is 73.3. The first kappa shape index (κ1) is 80.1. The van der Waals surface area contributed by atoms with E-state index in [9.17, 15) is 14.7 Å². The molecule has 0 saturated carbocycles. The Hall–Kier alpha value is -2.92. The van der Waals surface area contributed by atoms with Crippen LogP contribution in [0.4, 0.5) is 0 Å². The smallest absolute Gasteiger partial charge is 0.306 e. The van der Waals surface area contributed by atoms with Gasteiger partial charge in [-0.1, -0.05) is 381 Å². The summed E-state index contributed by atoms with van der Waals surface area (Å²) in [6.45, 7) is 4.06. The molecule has 0 aliphatic carbocycles. The summed E-state index contributed by atoms with van der Waals surface area (Å²) in [6.07, 6.45) is 104. The molecule has 0 bridgehead atoms. The van der Waals surface area contributed by atoms with E-state index in [1.807, 2.05) is 0 Å². The molecule has 0 rings (SSSR count). The molecular formula is C78H140O5. The van der Waals surface area contributed by atoms with Gasteiger partial charge in [-0.3, -0.25) is 9.59 Å². The molecule has 0 spiro atoms. The first-order chi connectivity index (χ1) is 41.1. The van der Waals surface area contributed by atoms with E-state index in [0.29, 0.717) is 12.8 Å². The summed E-state index contributed by atoms with van der Waals surface area (Å²) in [4.78, 5) is 24.7. The SMILES string of the molecule is CC/C=C\C/C=C\C/C=C\C/C=C\C/C=C\C/C=C\C/C=C\CCCCCCCCCC(=O)OC(CO)COC(=O)CCCCCCCCCCCCCCCCCCCCCCCCCCCCCCCCCCCCCCCCCC. The largest absolute Gasteiger partial charge is 0.462 e. The fourth-order valence-corrected chi connectivity index (χ4v) is 11.0. The minimum atomic E-state index is -0.784. The lowest BCUT2D eigenvalue weighted by atomic mass is 10.0. The highest BCUT2D eigenvalue weighted by atomic mass is 16.6. The van der Waals surface area contributed by atoms with Crippen molar-refractivity contribution in [2.75, 3.05) is 13.2 Å². The van der Waals surface area contributed by atoms with Gasteiger partial charge in [0.1, 0.15) is 6.61 Å². The van der Waals surface area contributed by atoms with Crippen LogP contribution < -0.4 is 0 Å². The van der Waals surface area contributed by atoms with Crippen molar-refractivity contribution in [3.8, 4) is 0 Å². The Morgan fingerprint density at radius 1 is 0.289 bits per heavy atom. The van der Waals surface area contributed by atoms with Crippen LogP contribution in [0.15, 0.2) is 85.1 Å². The molecule has 0 saturated heterocycles. The fraction of sp³-hybridized carbons (Fsp3) is 0.795. The summed E-state index contributed by atoms with van der Waals surface area (Å²) in [7, 11) is 0. The fourth-order valence-electron chi connectivity index (χ4n) is 11.0. The third-order valence-corrected chi connectivity index (χ3v) is 16.5. The van der Waals surface area contributed by atoms with Crippen molar-refractivity contribution in [3.63, 3.8) is 0 Å². The van der Waals surface area contributed by atoms with E-state index in [1.54, 1.807) is 0 Å². The number of allylic oxidation sites excluding steroid dienone is 14. The lowest BCUT2D eigenvalue weighted by Gasteiger charge is -2.15. The van der Waals surface area contributed by atoms with Crippen LogP contribution in [0, 0.1) is 0 Å². The summed E-state index contributed by atoms with van der Waals surface area (Å²) >= 11 is 0. The molecule has 482 valence electrons. The van der Waals surface area contributed by atoms with E-state index in [-0.39, 0.29) is 25.2 Å². The van der Waals surface area contributed by atoms with Gasteiger partial charge >= 0.3 is 11.9 Å². The molecule has 1 atom stereocenters. The topological polar surface area (TPSA) is 72.8 Å². The number of carbonyl (C=O) groups is 2. The Labute approximate surface area is 517 Å². The van der Waals surface area contributed by atoms with E-state index in [4.69, 9.17) is 9.47 Å². The standard InChI is InChI=1S/C78H140O5/c1-3-5-7-9-11-13-15-17-19-21-23-25-27-29-31-33-34-35-36-37-38-39-40-41-42-43-45-46-48-50-52-54-56-58-60-62-64-66-68-70-72-77(80)82-75-76(74-79)83-78(81)73-71-69-67-65-63-61-59-57-55-53-51-49-47-44-32-30-28-26-24-22-20-18-16-14-12-10-8-6-4-2/h6,8,12,14,18,20,24,26,30,32,47,49,53,55,76,79H,3-5,7,9-11,13,15-17,19,21-23,25,27-29,31,33-46,48,50-52,54,56-75H2,1-2H3/b8-6-,14-12-,20-18-,26-24-,32-30-,49-47-,55-53-. The number of hydrogen-bond acceptors (Lipinski definition) is 5. The van der Waals surface area contributed by atoms with Crippen LogP contribution in [0.5, 0.6) is 0 Å². The van der Waals surface area contributed by atoms with Crippen LogP contribution in [0.3, 0.4) is 0 Å². The predicted molar refractivity (Wildman–Crippen MR) is 366 cm³/mol. The number of rotatable bonds is 68. The number of esters is 2. The molecule has 0 aliphatic rings. The van der Waals surface area contributed by atoms with Gasteiger partial charge < -0.3 is 14.6 Å². The average molecular weight is 1160 g/mol. The maximum Gasteiger partial charge on any atom is 0.306 e. The number of ether oxygens (including phenoxy) is 2. The Kier molecular flexibility index (Phi) is 70.8. The Bertz CT molecular complexity index is 1500. The molecule has 0 radical (unpaired) electrons. The van der Waals surface area contributed by atoms with Gasteiger partial charge in [0.05, 0.1) is 6.61 Å². The maximum absolute atomic E-state index is 12.4. The van der Waals surface area contributed by atoms with Gasteiger partial charge in [0.15, 0.2) is 6.10 Å². The van der Waals surface area contributed by atoms with E-state index in [0.717, 1.165) is 89.9 Å². The molecule has 1 N–H and O–H groups in total. The zero-order chi connectivity index (χ0) is 59.8. The molecule has 1 unspecified atom stereocenters. The van der Waals surface area contributed by atoms with Gasteiger partial charge in [-0.2, -0.15) is 0 Å². The number of unbranched alkanes of at least 4 members (excludes halogenated alkanes) is 46. The Morgan fingerprint density at radius 2 is 0.518 bits per heavy atom. The monoisotopic (exact) mass is 1160 g/mol. The van der Waals surface area contributed by atoms with Crippen LogP contribution in [-0.2, 0) is 19.1 Å². The van der Waals surface area contributed by atoms with Crippen molar-refractivity contribution in [1.82, 2.24) is 0 Å². The van der Waals surface area contributed by atoms with E-state index in [2.05, 4.69) is 98.9 Å². The molecule has 5 heteroatoms. The average Bonchev–Trinajstić information content (AvgIpc) is 3.49. The Balaban J connectivity index is 3.42. The lowest BCUT2D eigenvalue weighted by Crippen LogP contribution is -2.28. The Morgan fingerprint density at radius 3 is 0.783 bits per heavy atom. The molecule has 0 aromatic rings. The van der Waals surface area contributed by atoms with Crippen LogP contribution in [0.25, 0.3) is 0 Å². The van der Waals surface area contributed by atoms with Crippen LogP contribution in [0.1, 0.15) is 380 Å². The minimum Gasteiger partial charge on any atom is -0.462 e. The highest BCUT2D eigenvalue weighted by Gasteiger charge is 2.16. The number of aliphatic hydroxyl groups excluding tert-OH is 1. The minimum absolute atomic E-state index is 0.0709. The summed E-state index contributed by atoms with van der Waals surface area (Å²) in [5.41, 5.74) is 0. The highest BCUT2D eigenvalue weighted by Crippen LogP contribution is 2.19. The molecular weight excluding hydrogens is 1020 g/mol. The van der Waals surface area contributed by atoms with E-state index in [1.165, 1.54) is 263 Å². The molecule has 5 nitrogen and oxygen atoms in total. The zero-order valence-electron chi connectivity index (χ0n) is 55.5. The first-order valence-corrected chi connectivity index (χ1v) is 36.6. The molecule has 83 heavy (non-hydrogen) atoms. The van der Waals surface area contributed by atoms with Crippen molar-refractivity contribution in [2.45, 2.75) is 386 Å². The highest BCUT2D eigenvalue weighted by molar-refractivity contribution is 5.70. The van der Waals surface area contributed by atoms with Gasteiger partial charge in [0, 0.05) is 12.8 Å². The third kappa shape index (κ3) is 71.5. The zero-order valence-corrected chi connectivity index (χ0v) is 55.5. The van der Waals surface area contributed by atoms with Crippen molar-refractivity contribution < 1.29 is 24.2 Å². The summed E-state index contributed by atoms with van der Waals surface area (Å²) < 4.78 is 10.8. The molecule has 0 aromatic carbocycles. The predicted octanol–water partition coefficient (Wildman–Crippen LogP) is 25.6. The number of carbonyl (C=O) groups excluding carboxylic acids is 2.